The SMILES string of the molecule is CCOC1CC(NS(=O)(=O)c2ccccc2Br)C1. The third kappa shape index (κ3) is 3.12. The topological polar surface area (TPSA) is 55.4 Å². The van der Waals surface area contributed by atoms with Gasteiger partial charge in [0.2, 0.25) is 10.0 Å². The van der Waals surface area contributed by atoms with E-state index >= 15 is 0 Å². The lowest BCUT2D eigenvalue weighted by atomic mass is 9.90. The van der Waals surface area contributed by atoms with Crippen LogP contribution in [0.15, 0.2) is 33.6 Å². The number of hydrogen-bond donors (Lipinski definition) is 1. The summed E-state index contributed by atoms with van der Waals surface area (Å²) in [6, 6.07) is 6.79. The predicted molar refractivity (Wildman–Crippen MR) is 72.9 cm³/mol. The minimum atomic E-state index is -3.44. The Hall–Kier alpha value is -0.430. The van der Waals surface area contributed by atoms with Gasteiger partial charge in [-0.2, -0.15) is 0 Å². The van der Waals surface area contributed by atoms with Gasteiger partial charge in [-0.15, -0.1) is 0 Å². The number of hydrogen-bond acceptors (Lipinski definition) is 3. The van der Waals surface area contributed by atoms with Gasteiger partial charge in [-0.25, -0.2) is 13.1 Å². The zero-order valence-electron chi connectivity index (χ0n) is 10.1. The molecular formula is C12H16BrNO3S. The Morgan fingerprint density at radius 2 is 2.06 bits per heavy atom. The van der Waals surface area contributed by atoms with Crippen LogP contribution in [0.1, 0.15) is 19.8 Å². The Balaban J connectivity index is 2.00. The quantitative estimate of drug-likeness (QED) is 0.899. The van der Waals surface area contributed by atoms with Crippen LogP contribution >= 0.6 is 15.9 Å². The molecule has 1 aromatic carbocycles. The van der Waals surface area contributed by atoms with Crippen LogP contribution in [0.25, 0.3) is 0 Å². The Morgan fingerprint density at radius 3 is 2.67 bits per heavy atom. The lowest BCUT2D eigenvalue weighted by molar-refractivity contribution is -0.00476. The number of halogens is 1. The highest BCUT2D eigenvalue weighted by Crippen LogP contribution is 2.27. The molecule has 0 aromatic heterocycles. The molecule has 18 heavy (non-hydrogen) atoms. The maximum Gasteiger partial charge on any atom is 0.241 e. The zero-order valence-corrected chi connectivity index (χ0v) is 12.5. The zero-order chi connectivity index (χ0) is 13.2. The number of ether oxygens (including phenoxy) is 1. The van der Waals surface area contributed by atoms with Gasteiger partial charge in [0.25, 0.3) is 0 Å². The molecule has 2 rings (SSSR count). The van der Waals surface area contributed by atoms with E-state index in [9.17, 15) is 8.42 Å². The van der Waals surface area contributed by atoms with Crippen LogP contribution in [0.3, 0.4) is 0 Å². The van der Waals surface area contributed by atoms with Crippen LogP contribution < -0.4 is 4.72 Å². The third-order valence-corrected chi connectivity index (χ3v) is 5.48. The highest BCUT2D eigenvalue weighted by Gasteiger charge is 2.33. The van der Waals surface area contributed by atoms with E-state index in [-0.39, 0.29) is 17.0 Å². The standard InChI is InChI=1S/C12H16BrNO3S/c1-2-17-10-7-9(8-10)14-18(15,16)12-6-4-3-5-11(12)13/h3-6,9-10,14H,2,7-8H2,1H3. The fourth-order valence-electron chi connectivity index (χ4n) is 1.98. The monoisotopic (exact) mass is 333 g/mol. The van der Waals surface area contributed by atoms with Crippen molar-refractivity contribution in [3.8, 4) is 0 Å². The first-order valence-corrected chi connectivity index (χ1v) is 8.19. The molecule has 0 unspecified atom stereocenters. The molecule has 1 aromatic rings. The molecule has 100 valence electrons. The maximum atomic E-state index is 12.1. The van der Waals surface area contributed by atoms with Gasteiger partial charge < -0.3 is 4.74 Å². The summed E-state index contributed by atoms with van der Waals surface area (Å²) in [5.74, 6) is 0. The first kappa shape index (κ1) is 14.0. The molecule has 0 saturated heterocycles. The molecule has 1 aliphatic rings. The maximum absolute atomic E-state index is 12.1. The van der Waals surface area contributed by atoms with E-state index in [1.165, 1.54) is 0 Å². The number of sulfonamides is 1. The summed E-state index contributed by atoms with van der Waals surface area (Å²) in [6.45, 7) is 2.62. The Bertz CT molecular complexity index is 512. The predicted octanol–water partition coefficient (Wildman–Crippen LogP) is 2.29. The molecule has 1 aliphatic carbocycles. The van der Waals surface area contributed by atoms with Crippen molar-refractivity contribution in [3.05, 3.63) is 28.7 Å². The molecule has 1 fully saturated rings. The summed E-state index contributed by atoms with van der Waals surface area (Å²) < 4.78 is 33.0. The summed E-state index contributed by atoms with van der Waals surface area (Å²) >= 11 is 3.25. The molecule has 6 heteroatoms. The lowest BCUT2D eigenvalue weighted by Crippen LogP contribution is -2.47. The van der Waals surface area contributed by atoms with E-state index in [1.807, 2.05) is 6.92 Å². The summed E-state index contributed by atoms with van der Waals surface area (Å²) in [5, 5.41) is 0. The van der Waals surface area contributed by atoms with E-state index in [0.717, 1.165) is 12.8 Å². The van der Waals surface area contributed by atoms with E-state index in [1.54, 1.807) is 24.3 Å². The Labute approximate surface area is 116 Å². The minimum absolute atomic E-state index is 0.0151. The second-order valence-electron chi connectivity index (χ2n) is 4.30. The fraction of sp³-hybridized carbons (Fsp3) is 0.500. The van der Waals surface area contributed by atoms with Gasteiger partial charge in [-0.1, -0.05) is 12.1 Å². The molecular weight excluding hydrogens is 318 g/mol. The molecule has 1 N–H and O–H groups in total. The Morgan fingerprint density at radius 1 is 1.39 bits per heavy atom. The molecule has 0 spiro atoms. The van der Waals surface area contributed by atoms with Crippen molar-refractivity contribution >= 4 is 26.0 Å². The van der Waals surface area contributed by atoms with Crippen LogP contribution in [0.5, 0.6) is 0 Å². The van der Waals surface area contributed by atoms with Crippen LogP contribution in [-0.4, -0.2) is 27.2 Å². The number of rotatable bonds is 5. The molecule has 0 atom stereocenters. The lowest BCUT2D eigenvalue weighted by Gasteiger charge is -2.35. The Kier molecular flexibility index (Phi) is 4.42. The average molecular weight is 334 g/mol. The average Bonchev–Trinajstić information content (AvgIpc) is 2.26. The van der Waals surface area contributed by atoms with Crippen LogP contribution in [0.4, 0.5) is 0 Å². The molecule has 0 radical (unpaired) electrons. The van der Waals surface area contributed by atoms with Crippen molar-refractivity contribution in [3.63, 3.8) is 0 Å². The molecule has 1 saturated carbocycles. The van der Waals surface area contributed by atoms with Crippen molar-refractivity contribution in [2.24, 2.45) is 0 Å². The summed E-state index contributed by atoms with van der Waals surface area (Å²) in [4.78, 5) is 0.282. The van der Waals surface area contributed by atoms with E-state index < -0.39 is 10.0 Å². The second kappa shape index (κ2) is 5.69. The van der Waals surface area contributed by atoms with Gasteiger partial charge in [0.1, 0.15) is 0 Å². The second-order valence-corrected chi connectivity index (χ2v) is 6.83. The van der Waals surface area contributed by atoms with Gasteiger partial charge >= 0.3 is 0 Å². The summed E-state index contributed by atoms with van der Waals surface area (Å²) in [7, 11) is -3.44. The molecule has 0 aliphatic heterocycles. The minimum Gasteiger partial charge on any atom is -0.378 e. The van der Waals surface area contributed by atoms with E-state index in [0.29, 0.717) is 11.1 Å². The first-order valence-electron chi connectivity index (χ1n) is 5.91. The largest absolute Gasteiger partial charge is 0.378 e. The summed E-state index contributed by atoms with van der Waals surface area (Å²) in [6.07, 6.45) is 1.69. The van der Waals surface area contributed by atoms with Gasteiger partial charge in [-0.05, 0) is 47.8 Å². The van der Waals surface area contributed by atoms with Gasteiger partial charge in [0, 0.05) is 17.1 Å². The van der Waals surface area contributed by atoms with E-state index in [4.69, 9.17) is 4.74 Å². The molecule has 0 amide bonds. The molecule has 4 nitrogen and oxygen atoms in total. The number of nitrogens with one attached hydrogen (secondary N) is 1. The molecule has 0 bridgehead atoms. The fourth-order valence-corrected chi connectivity index (χ4v) is 4.24. The van der Waals surface area contributed by atoms with Crippen LogP contribution in [0.2, 0.25) is 0 Å². The highest BCUT2D eigenvalue weighted by atomic mass is 79.9. The summed E-state index contributed by atoms with van der Waals surface area (Å²) in [5.41, 5.74) is 0. The van der Waals surface area contributed by atoms with Gasteiger partial charge in [-0.3, -0.25) is 0 Å². The smallest absolute Gasteiger partial charge is 0.241 e. The van der Waals surface area contributed by atoms with Crippen molar-refractivity contribution in [1.29, 1.82) is 0 Å². The van der Waals surface area contributed by atoms with Crippen molar-refractivity contribution in [2.75, 3.05) is 6.61 Å². The van der Waals surface area contributed by atoms with Crippen molar-refractivity contribution < 1.29 is 13.2 Å². The van der Waals surface area contributed by atoms with Gasteiger partial charge in [0.15, 0.2) is 0 Å². The van der Waals surface area contributed by atoms with Crippen LogP contribution in [0, 0.1) is 0 Å². The third-order valence-electron chi connectivity index (χ3n) is 2.95. The van der Waals surface area contributed by atoms with Crippen LogP contribution in [-0.2, 0) is 14.8 Å². The van der Waals surface area contributed by atoms with Gasteiger partial charge in [0.05, 0.1) is 11.0 Å². The van der Waals surface area contributed by atoms with E-state index in [2.05, 4.69) is 20.7 Å². The van der Waals surface area contributed by atoms with Crippen molar-refractivity contribution in [2.45, 2.75) is 36.8 Å². The number of benzene rings is 1. The molecule has 0 heterocycles. The first-order chi connectivity index (χ1) is 8.53. The normalized spacial score (nSPS) is 23.7. The highest BCUT2D eigenvalue weighted by molar-refractivity contribution is 9.10. The van der Waals surface area contributed by atoms with Crippen molar-refractivity contribution in [1.82, 2.24) is 4.72 Å².